The molecule has 0 unspecified atom stereocenters. The first-order valence-electron chi connectivity index (χ1n) is 7.40. The molecule has 1 aliphatic heterocycles. The average molecular weight is 283 g/mol. The number of rotatable bonds is 4. The molecule has 0 aromatic heterocycles. The Morgan fingerprint density at radius 3 is 2.57 bits per heavy atom. The molecule has 1 heterocycles. The van der Waals surface area contributed by atoms with E-state index in [9.17, 15) is 5.11 Å². The van der Waals surface area contributed by atoms with Crippen LogP contribution >= 0.6 is 0 Å². The highest BCUT2D eigenvalue weighted by Gasteiger charge is 2.17. The molecule has 3 heteroatoms. The van der Waals surface area contributed by atoms with Crippen LogP contribution in [0.4, 0.5) is 5.69 Å². The number of methoxy groups -OCH3 is 1. The second-order valence-corrected chi connectivity index (χ2v) is 5.49. The van der Waals surface area contributed by atoms with Crippen molar-refractivity contribution in [1.82, 2.24) is 0 Å². The lowest BCUT2D eigenvalue weighted by Gasteiger charge is -2.31. The lowest BCUT2D eigenvalue weighted by atomic mass is 9.99. The molecule has 0 bridgehead atoms. The topological polar surface area (TPSA) is 32.7 Å². The fraction of sp³-hybridized carbons (Fsp3) is 0.333. The minimum atomic E-state index is 0.117. The molecule has 21 heavy (non-hydrogen) atoms. The van der Waals surface area contributed by atoms with Crippen LogP contribution in [-0.2, 0) is 19.6 Å². The van der Waals surface area contributed by atoms with Crippen LogP contribution in [0.15, 0.2) is 42.5 Å². The lowest BCUT2D eigenvalue weighted by Crippen LogP contribution is -2.28. The number of nitrogens with zero attached hydrogens (tertiary/aromatic N) is 1. The van der Waals surface area contributed by atoms with Crippen LogP contribution < -0.4 is 9.64 Å². The smallest absolute Gasteiger partial charge is 0.118 e. The summed E-state index contributed by atoms with van der Waals surface area (Å²) in [4.78, 5) is 2.42. The monoisotopic (exact) mass is 283 g/mol. The maximum atomic E-state index is 9.26. The van der Waals surface area contributed by atoms with Crippen LogP contribution in [0.1, 0.15) is 23.1 Å². The van der Waals surface area contributed by atoms with Gasteiger partial charge in [-0.2, -0.15) is 0 Å². The van der Waals surface area contributed by atoms with Gasteiger partial charge in [-0.1, -0.05) is 24.3 Å². The second kappa shape index (κ2) is 6.19. The number of anilines is 1. The third kappa shape index (κ3) is 3.03. The van der Waals surface area contributed by atoms with E-state index in [2.05, 4.69) is 29.2 Å². The summed E-state index contributed by atoms with van der Waals surface area (Å²) in [7, 11) is 1.69. The molecule has 0 aliphatic carbocycles. The number of hydrogen-bond acceptors (Lipinski definition) is 3. The molecule has 0 atom stereocenters. The van der Waals surface area contributed by atoms with Gasteiger partial charge in [0.1, 0.15) is 5.75 Å². The van der Waals surface area contributed by atoms with E-state index in [0.717, 1.165) is 37.2 Å². The normalized spacial score (nSPS) is 13.9. The Labute approximate surface area is 125 Å². The zero-order chi connectivity index (χ0) is 14.7. The van der Waals surface area contributed by atoms with E-state index in [1.165, 1.54) is 16.8 Å². The van der Waals surface area contributed by atoms with Crippen molar-refractivity contribution in [3.8, 4) is 5.75 Å². The maximum Gasteiger partial charge on any atom is 0.118 e. The van der Waals surface area contributed by atoms with Crippen LogP contribution in [0.25, 0.3) is 0 Å². The van der Waals surface area contributed by atoms with Crippen molar-refractivity contribution >= 4 is 5.69 Å². The van der Waals surface area contributed by atoms with Gasteiger partial charge in [-0.25, -0.2) is 0 Å². The maximum absolute atomic E-state index is 9.26. The standard InChI is InChI=1S/C18H21NO2/c1-21-17-7-4-14(5-8-17)12-19-10-2-3-16-11-15(13-20)6-9-18(16)19/h4-9,11,20H,2-3,10,12-13H2,1H3. The summed E-state index contributed by atoms with van der Waals surface area (Å²) >= 11 is 0. The molecule has 2 aromatic carbocycles. The Bertz CT molecular complexity index is 607. The van der Waals surface area contributed by atoms with Crippen molar-refractivity contribution in [2.75, 3.05) is 18.6 Å². The highest BCUT2D eigenvalue weighted by Crippen LogP contribution is 2.29. The highest BCUT2D eigenvalue weighted by molar-refractivity contribution is 5.57. The van der Waals surface area contributed by atoms with E-state index < -0.39 is 0 Å². The zero-order valence-electron chi connectivity index (χ0n) is 12.4. The van der Waals surface area contributed by atoms with Crippen LogP contribution in [-0.4, -0.2) is 18.8 Å². The molecule has 1 aliphatic rings. The van der Waals surface area contributed by atoms with E-state index in [-0.39, 0.29) is 6.61 Å². The predicted octanol–water partition coefficient (Wildman–Crippen LogP) is 3.14. The summed E-state index contributed by atoms with van der Waals surface area (Å²) in [6, 6.07) is 14.6. The van der Waals surface area contributed by atoms with Gasteiger partial charge in [-0.3, -0.25) is 0 Å². The third-order valence-electron chi connectivity index (χ3n) is 4.07. The fourth-order valence-electron chi connectivity index (χ4n) is 2.94. The Balaban J connectivity index is 1.81. The van der Waals surface area contributed by atoms with Crippen molar-refractivity contribution in [3.05, 3.63) is 59.2 Å². The average Bonchev–Trinajstić information content (AvgIpc) is 2.55. The number of fused-ring (bicyclic) bond motifs is 1. The second-order valence-electron chi connectivity index (χ2n) is 5.49. The molecule has 0 fully saturated rings. The van der Waals surface area contributed by atoms with Gasteiger partial charge in [0.05, 0.1) is 13.7 Å². The summed E-state index contributed by atoms with van der Waals surface area (Å²) in [5, 5.41) is 9.26. The van der Waals surface area contributed by atoms with Gasteiger partial charge >= 0.3 is 0 Å². The van der Waals surface area contributed by atoms with Gasteiger partial charge in [-0.05, 0) is 47.7 Å². The Morgan fingerprint density at radius 2 is 1.86 bits per heavy atom. The van der Waals surface area contributed by atoms with E-state index in [1.807, 2.05) is 18.2 Å². The number of ether oxygens (including phenoxy) is 1. The molecule has 110 valence electrons. The van der Waals surface area contributed by atoms with Crippen LogP contribution in [0.3, 0.4) is 0 Å². The Morgan fingerprint density at radius 1 is 1.10 bits per heavy atom. The van der Waals surface area contributed by atoms with Crippen molar-refractivity contribution in [2.24, 2.45) is 0 Å². The first-order valence-corrected chi connectivity index (χ1v) is 7.40. The van der Waals surface area contributed by atoms with Crippen molar-refractivity contribution < 1.29 is 9.84 Å². The first-order chi connectivity index (χ1) is 10.3. The van der Waals surface area contributed by atoms with Gasteiger partial charge in [0.2, 0.25) is 0 Å². The summed E-state index contributed by atoms with van der Waals surface area (Å²) < 4.78 is 5.20. The Hall–Kier alpha value is -2.00. The molecule has 1 N–H and O–H groups in total. The summed E-state index contributed by atoms with van der Waals surface area (Å²) in [5.41, 5.74) is 4.94. The third-order valence-corrected chi connectivity index (χ3v) is 4.07. The number of hydrogen-bond donors (Lipinski definition) is 1. The lowest BCUT2D eigenvalue weighted by molar-refractivity contribution is 0.281. The van der Waals surface area contributed by atoms with E-state index in [4.69, 9.17) is 4.74 Å². The highest BCUT2D eigenvalue weighted by atomic mass is 16.5. The molecule has 0 amide bonds. The number of aliphatic hydroxyl groups is 1. The summed E-state index contributed by atoms with van der Waals surface area (Å²) in [6.07, 6.45) is 2.26. The number of aliphatic hydroxyl groups excluding tert-OH is 1. The predicted molar refractivity (Wildman–Crippen MR) is 84.7 cm³/mol. The first kappa shape index (κ1) is 14.0. The minimum absolute atomic E-state index is 0.117. The fourth-order valence-corrected chi connectivity index (χ4v) is 2.94. The molecular formula is C18H21NO2. The Kier molecular flexibility index (Phi) is 4.11. The van der Waals surface area contributed by atoms with Crippen LogP contribution in [0, 0.1) is 0 Å². The van der Waals surface area contributed by atoms with Gasteiger partial charge in [0.15, 0.2) is 0 Å². The van der Waals surface area contributed by atoms with Crippen LogP contribution in [0.2, 0.25) is 0 Å². The summed E-state index contributed by atoms with van der Waals surface area (Å²) in [5.74, 6) is 0.894. The zero-order valence-corrected chi connectivity index (χ0v) is 12.4. The molecule has 3 rings (SSSR count). The largest absolute Gasteiger partial charge is 0.497 e. The van der Waals surface area contributed by atoms with Gasteiger partial charge in [0.25, 0.3) is 0 Å². The minimum Gasteiger partial charge on any atom is -0.497 e. The molecule has 0 spiro atoms. The molecule has 2 aromatic rings. The van der Waals surface area contributed by atoms with Crippen molar-refractivity contribution in [2.45, 2.75) is 26.0 Å². The summed E-state index contributed by atoms with van der Waals surface area (Å²) in [6.45, 7) is 2.11. The van der Waals surface area contributed by atoms with Crippen molar-refractivity contribution in [3.63, 3.8) is 0 Å². The quantitative estimate of drug-likeness (QED) is 0.935. The molecule has 0 radical (unpaired) electrons. The number of aryl methyl sites for hydroxylation is 1. The molecule has 0 saturated carbocycles. The SMILES string of the molecule is COc1ccc(CN2CCCc3cc(CO)ccc32)cc1. The van der Waals surface area contributed by atoms with E-state index >= 15 is 0 Å². The van der Waals surface area contributed by atoms with E-state index in [1.54, 1.807) is 7.11 Å². The van der Waals surface area contributed by atoms with E-state index in [0.29, 0.717) is 0 Å². The molecule has 3 nitrogen and oxygen atoms in total. The van der Waals surface area contributed by atoms with Gasteiger partial charge < -0.3 is 14.7 Å². The van der Waals surface area contributed by atoms with Crippen LogP contribution in [0.5, 0.6) is 5.75 Å². The molecule has 0 saturated heterocycles. The van der Waals surface area contributed by atoms with Gasteiger partial charge in [-0.15, -0.1) is 0 Å². The van der Waals surface area contributed by atoms with Crippen molar-refractivity contribution in [1.29, 1.82) is 0 Å². The number of benzene rings is 2. The molecular weight excluding hydrogens is 262 g/mol. The van der Waals surface area contributed by atoms with Gasteiger partial charge in [0, 0.05) is 18.8 Å².